The van der Waals surface area contributed by atoms with Crippen molar-refractivity contribution < 1.29 is 79.0 Å². The summed E-state index contributed by atoms with van der Waals surface area (Å²) in [6.45, 7) is 0. The Labute approximate surface area is 403 Å². The number of alkyl halides is 18. The molecule has 378 valence electrons. The van der Waals surface area contributed by atoms with Crippen LogP contribution in [-0.2, 0) is 37.1 Å². The maximum absolute atomic E-state index is 15.1. The van der Waals surface area contributed by atoms with Crippen molar-refractivity contribution in [2.24, 2.45) is 0 Å². The Morgan fingerprint density at radius 2 is 0.568 bits per heavy atom. The highest BCUT2D eigenvalue weighted by Crippen LogP contribution is 2.48. The Morgan fingerprint density at radius 3 is 0.905 bits per heavy atom. The molecule has 10 rings (SSSR count). The largest absolute Gasteiger partial charge is 0.418 e. The van der Waals surface area contributed by atoms with Gasteiger partial charge < -0.3 is 9.13 Å². The lowest BCUT2D eigenvalue weighted by Gasteiger charge is -2.20. The minimum atomic E-state index is -5.27. The van der Waals surface area contributed by atoms with Crippen molar-refractivity contribution in [1.29, 1.82) is 0 Å². The number of nitrogens with zero attached hydrogens (tertiary/aromatic N) is 2. The van der Waals surface area contributed by atoms with Gasteiger partial charge in [-0.25, -0.2) is 0 Å². The van der Waals surface area contributed by atoms with E-state index < -0.39 is 92.9 Å². The van der Waals surface area contributed by atoms with Gasteiger partial charge in [-0.3, -0.25) is 0 Å². The van der Waals surface area contributed by atoms with Crippen molar-refractivity contribution in [3.63, 3.8) is 0 Å². The van der Waals surface area contributed by atoms with Gasteiger partial charge in [-0.1, -0.05) is 72.8 Å². The molecule has 0 bridgehead atoms. The molecule has 0 N–H and O–H groups in total. The zero-order valence-electron chi connectivity index (χ0n) is 36.7. The summed E-state index contributed by atoms with van der Waals surface area (Å²) in [6, 6.07) is 26.2. The Balaban J connectivity index is 1.17. The van der Waals surface area contributed by atoms with E-state index >= 15 is 26.3 Å². The van der Waals surface area contributed by atoms with E-state index in [4.69, 9.17) is 0 Å². The molecule has 0 spiro atoms. The van der Waals surface area contributed by atoms with Gasteiger partial charge in [0.05, 0.1) is 66.8 Å². The number of benzene rings is 8. The summed E-state index contributed by atoms with van der Waals surface area (Å²) < 4.78 is 260. The van der Waals surface area contributed by atoms with Crippen LogP contribution in [-0.4, -0.2) is 9.13 Å². The molecule has 20 heteroatoms. The average molecular weight is 1040 g/mol. The first-order valence-electron chi connectivity index (χ1n) is 21.6. The lowest BCUT2D eigenvalue weighted by atomic mass is 9.95. The van der Waals surface area contributed by atoms with Crippen LogP contribution >= 0.6 is 0 Å². The summed E-state index contributed by atoms with van der Waals surface area (Å²) in [7, 11) is 0. The predicted molar refractivity (Wildman–Crippen MR) is 241 cm³/mol. The molecule has 0 aliphatic carbocycles. The molecular formula is C54H26F18N2. The van der Waals surface area contributed by atoms with E-state index in [9.17, 15) is 52.7 Å². The van der Waals surface area contributed by atoms with Gasteiger partial charge in [-0.05, 0) is 118 Å². The maximum atomic E-state index is 15.1. The summed E-state index contributed by atoms with van der Waals surface area (Å²) in [5, 5.41) is 0.596. The monoisotopic (exact) mass is 1040 g/mol. The van der Waals surface area contributed by atoms with E-state index in [0.29, 0.717) is 36.4 Å². The molecule has 10 aromatic rings. The molecular weight excluding hydrogens is 1020 g/mol. The number of aromatic nitrogens is 2. The molecule has 8 aromatic carbocycles. The van der Waals surface area contributed by atoms with Crippen molar-refractivity contribution in [3.8, 4) is 44.8 Å². The van der Waals surface area contributed by atoms with E-state index in [1.54, 1.807) is 0 Å². The number of halogens is 18. The third-order valence-electron chi connectivity index (χ3n) is 12.7. The smallest absolute Gasteiger partial charge is 0.309 e. The summed E-state index contributed by atoms with van der Waals surface area (Å²) >= 11 is 0. The first-order valence-corrected chi connectivity index (χ1v) is 21.6. The topological polar surface area (TPSA) is 9.86 Å². The SMILES string of the molecule is FC(F)(F)c1ccc(-c2ccc3c(c2)c2ccccc2n3-c2cc(-c3ccc(C(F)(F)F)c(-n4c5ccccc5c5cc(-c6ccc(C(F)(F)F)cc6C(F)(F)F)ccc54)c3)ccc2C(F)(F)F)c(C(F)(F)F)c1. The number of hydrogen-bond donors (Lipinski definition) is 0. The van der Waals surface area contributed by atoms with Crippen LogP contribution in [0.4, 0.5) is 79.0 Å². The van der Waals surface area contributed by atoms with Crippen molar-refractivity contribution in [2.45, 2.75) is 37.1 Å². The summed E-state index contributed by atoms with van der Waals surface area (Å²) in [4.78, 5) is 0. The fourth-order valence-corrected chi connectivity index (χ4v) is 9.49. The zero-order valence-corrected chi connectivity index (χ0v) is 36.7. The number of para-hydroxylation sites is 2. The predicted octanol–water partition coefficient (Wildman–Crippen LogP) is 19.0. The van der Waals surface area contributed by atoms with Gasteiger partial charge in [0.1, 0.15) is 0 Å². The quantitative estimate of drug-likeness (QED) is 0.152. The van der Waals surface area contributed by atoms with E-state index in [0.717, 1.165) is 45.5 Å². The van der Waals surface area contributed by atoms with Gasteiger partial charge in [-0.2, -0.15) is 79.0 Å². The van der Waals surface area contributed by atoms with E-state index in [1.807, 2.05) is 0 Å². The van der Waals surface area contributed by atoms with Crippen LogP contribution in [0.25, 0.3) is 88.4 Å². The molecule has 2 heterocycles. The van der Waals surface area contributed by atoms with Gasteiger partial charge in [-0.15, -0.1) is 0 Å². The second-order valence-corrected chi connectivity index (χ2v) is 17.1. The number of hydrogen-bond acceptors (Lipinski definition) is 0. The first kappa shape index (κ1) is 49.7. The van der Waals surface area contributed by atoms with Crippen LogP contribution in [0.1, 0.15) is 33.4 Å². The van der Waals surface area contributed by atoms with Crippen molar-refractivity contribution in [1.82, 2.24) is 9.13 Å². The molecule has 0 amide bonds. The highest BCUT2D eigenvalue weighted by atomic mass is 19.4. The Hall–Kier alpha value is -7.90. The van der Waals surface area contributed by atoms with Crippen LogP contribution in [0.3, 0.4) is 0 Å². The summed E-state index contributed by atoms with van der Waals surface area (Å²) in [5.74, 6) is 0. The molecule has 0 saturated carbocycles. The molecule has 0 saturated heterocycles. The minimum Gasteiger partial charge on any atom is -0.309 e. The minimum absolute atomic E-state index is 0.00511. The van der Waals surface area contributed by atoms with Gasteiger partial charge in [0, 0.05) is 21.5 Å². The highest BCUT2D eigenvalue weighted by molar-refractivity contribution is 6.12. The van der Waals surface area contributed by atoms with E-state index in [2.05, 4.69) is 0 Å². The van der Waals surface area contributed by atoms with Crippen LogP contribution in [0.15, 0.2) is 158 Å². The second kappa shape index (κ2) is 16.8. The van der Waals surface area contributed by atoms with Gasteiger partial charge in [0.25, 0.3) is 0 Å². The maximum Gasteiger partial charge on any atom is 0.418 e. The van der Waals surface area contributed by atoms with Gasteiger partial charge >= 0.3 is 37.1 Å². The van der Waals surface area contributed by atoms with Crippen LogP contribution in [0.2, 0.25) is 0 Å². The lowest BCUT2D eigenvalue weighted by Crippen LogP contribution is -2.12. The third kappa shape index (κ3) is 8.62. The molecule has 0 radical (unpaired) electrons. The normalized spacial score (nSPS) is 13.3. The van der Waals surface area contributed by atoms with Crippen LogP contribution in [0, 0.1) is 0 Å². The molecule has 0 unspecified atom stereocenters. The molecule has 0 aliphatic heterocycles. The van der Waals surface area contributed by atoms with Gasteiger partial charge in [0.15, 0.2) is 0 Å². The molecule has 0 aliphatic rings. The standard InChI is InChI=1S/C54H26F18N2/c55-49(56,57)31-13-15-33(41(25-31)53(67,68)69)29-11-19-45-37(21-29)35-5-1-3-7-43(35)73(45)47-23-27(9-17-39(47)51(61,62)63)28-10-18-40(52(64,65)66)48(24-28)74-44-8-4-2-6-36(44)38-22-30(12-20-46(38)74)34-16-14-32(50(58,59)60)26-42(34)54(70,71)72/h1-26H. The molecule has 2 nitrogen and oxygen atoms in total. The van der Waals surface area contributed by atoms with Crippen molar-refractivity contribution in [2.75, 3.05) is 0 Å². The number of rotatable bonds is 5. The highest BCUT2D eigenvalue weighted by Gasteiger charge is 2.41. The third-order valence-corrected chi connectivity index (χ3v) is 12.7. The zero-order chi connectivity index (χ0) is 53.2. The van der Waals surface area contributed by atoms with Crippen molar-refractivity contribution in [3.05, 3.63) is 191 Å². The lowest BCUT2D eigenvalue weighted by molar-refractivity contribution is -0.144. The van der Waals surface area contributed by atoms with E-state index in [1.165, 1.54) is 72.8 Å². The van der Waals surface area contributed by atoms with Crippen molar-refractivity contribution >= 4 is 43.6 Å². The Bertz CT molecular complexity index is 3620. The van der Waals surface area contributed by atoms with Crippen LogP contribution in [0.5, 0.6) is 0 Å². The second-order valence-electron chi connectivity index (χ2n) is 17.1. The van der Waals surface area contributed by atoms with Gasteiger partial charge in [0.2, 0.25) is 0 Å². The Kier molecular flexibility index (Phi) is 11.3. The summed E-state index contributed by atoms with van der Waals surface area (Å²) in [6.07, 6.45) is -31.0. The first-order chi connectivity index (χ1) is 34.5. The summed E-state index contributed by atoms with van der Waals surface area (Å²) in [5.41, 5.74) is -11.8. The molecule has 0 fully saturated rings. The molecule has 74 heavy (non-hydrogen) atoms. The fraction of sp³-hybridized carbons (Fsp3) is 0.111. The number of fused-ring (bicyclic) bond motifs is 6. The Morgan fingerprint density at radius 1 is 0.243 bits per heavy atom. The molecule has 0 atom stereocenters. The van der Waals surface area contributed by atoms with Crippen LogP contribution < -0.4 is 0 Å². The van der Waals surface area contributed by atoms with E-state index in [-0.39, 0.29) is 78.0 Å². The fourth-order valence-electron chi connectivity index (χ4n) is 9.49. The molecule has 2 aromatic heterocycles. The average Bonchev–Trinajstić information content (AvgIpc) is 3.84.